The number of nitrogens with zero attached hydrogens (tertiary/aromatic N) is 2. The van der Waals surface area contributed by atoms with Gasteiger partial charge in [-0.3, -0.25) is 0 Å². The van der Waals surface area contributed by atoms with Gasteiger partial charge in [0.1, 0.15) is 17.7 Å². The second-order valence-electron chi connectivity index (χ2n) is 5.16. The van der Waals surface area contributed by atoms with Gasteiger partial charge in [0.05, 0.1) is 0 Å². The fraction of sp³-hybridized carbons (Fsp3) is 0.158. The average Bonchev–Trinajstić information content (AvgIpc) is 2.54. The molecule has 4 heteroatoms. The van der Waals surface area contributed by atoms with Crippen LogP contribution >= 0.6 is 27.7 Å². The van der Waals surface area contributed by atoms with Gasteiger partial charge in [-0.2, -0.15) is 10.5 Å². The van der Waals surface area contributed by atoms with Gasteiger partial charge in [-0.1, -0.05) is 28.1 Å². The molecule has 0 aliphatic heterocycles. The number of aryl methyl sites for hydroxylation is 2. The molecule has 0 N–H and O–H groups in total. The quantitative estimate of drug-likeness (QED) is 0.496. The van der Waals surface area contributed by atoms with Gasteiger partial charge in [0.25, 0.3) is 0 Å². The van der Waals surface area contributed by atoms with E-state index in [1.807, 2.05) is 31.2 Å². The van der Waals surface area contributed by atoms with E-state index < -0.39 is 0 Å². The SMILES string of the molecule is Cc1cc(C)c(CSc2ccc(Br)cc2)cc1C=C(C#N)C#N. The molecular weight excluding hydrogens is 368 g/mol. The minimum atomic E-state index is 0.128. The average molecular weight is 383 g/mol. The van der Waals surface area contributed by atoms with Crippen LogP contribution in [0, 0.1) is 36.5 Å². The number of benzene rings is 2. The van der Waals surface area contributed by atoms with E-state index in [0.29, 0.717) is 0 Å². The lowest BCUT2D eigenvalue weighted by Crippen LogP contribution is -1.92. The first-order valence-corrected chi connectivity index (χ1v) is 8.81. The highest BCUT2D eigenvalue weighted by Crippen LogP contribution is 2.27. The molecule has 0 saturated heterocycles. The van der Waals surface area contributed by atoms with Crippen molar-refractivity contribution in [2.75, 3.05) is 0 Å². The maximum Gasteiger partial charge on any atom is 0.130 e. The summed E-state index contributed by atoms with van der Waals surface area (Å²) in [5.41, 5.74) is 4.57. The Hall–Kier alpha value is -2.01. The van der Waals surface area contributed by atoms with Crippen LogP contribution in [0.3, 0.4) is 0 Å². The second-order valence-corrected chi connectivity index (χ2v) is 7.12. The molecule has 0 unspecified atom stereocenters. The molecule has 0 radical (unpaired) electrons. The molecule has 0 aliphatic rings. The largest absolute Gasteiger partial charge is 0.192 e. The fourth-order valence-corrected chi connectivity index (χ4v) is 3.39. The summed E-state index contributed by atoms with van der Waals surface area (Å²) in [7, 11) is 0. The molecule has 23 heavy (non-hydrogen) atoms. The number of halogens is 1. The first-order valence-electron chi connectivity index (χ1n) is 7.04. The van der Waals surface area contributed by atoms with Crippen molar-refractivity contribution in [2.45, 2.75) is 24.5 Å². The van der Waals surface area contributed by atoms with Gasteiger partial charge >= 0.3 is 0 Å². The number of hydrogen-bond donors (Lipinski definition) is 0. The molecule has 0 aliphatic carbocycles. The molecule has 0 saturated carbocycles. The van der Waals surface area contributed by atoms with E-state index in [-0.39, 0.29) is 5.57 Å². The Morgan fingerprint density at radius 3 is 2.35 bits per heavy atom. The molecule has 0 aromatic heterocycles. The first kappa shape index (κ1) is 17.3. The summed E-state index contributed by atoms with van der Waals surface area (Å²) >= 11 is 5.21. The van der Waals surface area contributed by atoms with E-state index in [2.05, 4.69) is 47.1 Å². The highest BCUT2D eigenvalue weighted by atomic mass is 79.9. The summed E-state index contributed by atoms with van der Waals surface area (Å²) in [6, 6.07) is 16.2. The van der Waals surface area contributed by atoms with Crippen molar-refractivity contribution < 1.29 is 0 Å². The standard InChI is InChI=1S/C19H15BrN2S/c1-13-7-14(2)17(9-16(13)8-15(10-21)11-22)12-23-19-5-3-18(20)4-6-19/h3-9H,12H2,1-2H3. The van der Waals surface area contributed by atoms with Crippen LogP contribution in [0.2, 0.25) is 0 Å². The molecular formula is C19H15BrN2S. The van der Waals surface area contributed by atoms with Crippen LogP contribution in [0.25, 0.3) is 6.08 Å². The number of nitriles is 2. The van der Waals surface area contributed by atoms with E-state index >= 15 is 0 Å². The van der Waals surface area contributed by atoms with Gasteiger partial charge < -0.3 is 0 Å². The lowest BCUT2D eigenvalue weighted by Gasteiger charge is -2.10. The third-order valence-corrected chi connectivity index (χ3v) is 5.06. The second kappa shape index (κ2) is 8.02. The predicted octanol–water partition coefficient (Wildman–Crippen LogP) is 5.79. The lowest BCUT2D eigenvalue weighted by atomic mass is 9.99. The van der Waals surface area contributed by atoms with E-state index in [1.54, 1.807) is 17.8 Å². The summed E-state index contributed by atoms with van der Waals surface area (Å²) in [4.78, 5) is 1.21. The molecule has 0 fully saturated rings. The molecule has 0 atom stereocenters. The number of hydrogen-bond acceptors (Lipinski definition) is 3. The predicted molar refractivity (Wildman–Crippen MR) is 98.8 cm³/mol. The maximum absolute atomic E-state index is 8.93. The van der Waals surface area contributed by atoms with Crippen molar-refractivity contribution in [2.24, 2.45) is 0 Å². The highest BCUT2D eigenvalue weighted by Gasteiger charge is 2.06. The monoisotopic (exact) mass is 382 g/mol. The number of allylic oxidation sites excluding steroid dienone is 1. The normalized spacial score (nSPS) is 9.78. The smallest absolute Gasteiger partial charge is 0.130 e. The van der Waals surface area contributed by atoms with Gasteiger partial charge in [0.2, 0.25) is 0 Å². The molecule has 0 bridgehead atoms. The Labute approximate surface area is 149 Å². The summed E-state index contributed by atoms with van der Waals surface area (Å²) in [5, 5.41) is 17.9. The van der Waals surface area contributed by atoms with Gasteiger partial charge in [0.15, 0.2) is 0 Å². The number of thioether (sulfide) groups is 1. The van der Waals surface area contributed by atoms with Crippen molar-refractivity contribution in [3.05, 3.63) is 68.7 Å². The van der Waals surface area contributed by atoms with Crippen LogP contribution in [-0.4, -0.2) is 0 Å². The number of rotatable bonds is 4. The van der Waals surface area contributed by atoms with Crippen LogP contribution in [0.5, 0.6) is 0 Å². The van der Waals surface area contributed by atoms with Crippen LogP contribution < -0.4 is 0 Å². The minimum absolute atomic E-state index is 0.128. The molecule has 2 aromatic rings. The molecule has 0 heterocycles. The Morgan fingerprint density at radius 2 is 1.74 bits per heavy atom. The van der Waals surface area contributed by atoms with Crippen molar-refractivity contribution in [1.29, 1.82) is 10.5 Å². The third kappa shape index (κ3) is 4.73. The topological polar surface area (TPSA) is 47.6 Å². The zero-order valence-corrected chi connectivity index (χ0v) is 15.3. The minimum Gasteiger partial charge on any atom is -0.192 e. The van der Waals surface area contributed by atoms with Crippen molar-refractivity contribution in [3.63, 3.8) is 0 Å². The molecule has 2 aromatic carbocycles. The van der Waals surface area contributed by atoms with E-state index in [1.165, 1.54) is 16.0 Å². The van der Waals surface area contributed by atoms with Crippen molar-refractivity contribution >= 4 is 33.8 Å². The van der Waals surface area contributed by atoms with E-state index in [9.17, 15) is 0 Å². The third-order valence-electron chi connectivity index (χ3n) is 3.47. The van der Waals surface area contributed by atoms with Crippen LogP contribution in [0.15, 0.2) is 51.3 Å². The van der Waals surface area contributed by atoms with Crippen molar-refractivity contribution in [3.8, 4) is 12.1 Å². The van der Waals surface area contributed by atoms with E-state index in [0.717, 1.165) is 21.4 Å². The first-order chi connectivity index (χ1) is 11.0. The summed E-state index contributed by atoms with van der Waals surface area (Å²) in [6.45, 7) is 4.09. The van der Waals surface area contributed by atoms with Crippen LogP contribution in [-0.2, 0) is 5.75 Å². The maximum atomic E-state index is 8.93. The van der Waals surface area contributed by atoms with Gasteiger partial charge in [-0.15, -0.1) is 11.8 Å². The van der Waals surface area contributed by atoms with E-state index in [4.69, 9.17) is 10.5 Å². The molecule has 2 rings (SSSR count). The molecule has 114 valence electrons. The van der Waals surface area contributed by atoms with Gasteiger partial charge in [-0.05, 0) is 66.4 Å². The van der Waals surface area contributed by atoms with Gasteiger partial charge in [0, 0.05) is 15.1 Å². The Kier molecular flexibility index (Phi) is 6.04. The Bertz CT molecular complexity index is 808. The molecule has 2 nitrogen and oxygen atoms in total. The summed E-state index contributed by atoms with van der Waals surface area (Å²) < 4.78 is 1.07. The van der Waals surface area contributed by atoms with Crippen LogP contribution in [0.4, 0.5) is 0 Å². The molecule has 0 spiro atoms. The summed E-state index contributed by atoms with van der Waals surface area (Å²) in [5.74, 6) is 0.850. The lowest BCUT2D eigenvalue weighted by molar-refractivity contribution is 1.26. The molecule has 0 amide bonds. The zero-order valence-electron chi connectivity index (χ0n) is 12.9. The highest BCUT2D eigenvalue weighted by molar-refractivity contribution is 9.10. The Balaban J connectivity index is 2.25. The van der Waals surface area contributed by atoms with Crippen LogP contribution in [0.1, 0.15) is 22.3 Å². The van der Waals surface area contributed by atoms with Gasteiger partial charge in [-0.25, -0.2) is 0 Å². The Morgan fingerprint density at radius 1 is 1.09 bits per heavy atom. The van der Waals surface area contributed by atoms with Crippen molar-refractivity contribution in [1.82, 2.24) is 0 Å². The zero-order chi connectivity index (χ0) is 16.8. The summed E-state index contributed by atoms with van der Waals surface area (Å²) in [6.07, 6.45) is 1.66. The fourth-order valence-electron chi connectivity index (χ4n) is 2.16.